The van der Waals surface area contributed by atoms with Gasteiger partial charge in [-0.2, -0.15) is 0 Å². The van der Waals surface area contributed by atoms with E-state index in [1.54, 1.807) is 12.1 Å². The van der Waals surface area contributed by atoms with E-state index < -0.39 is 0 Å². The first kappa shape index (κ1) is 13.5. The Morgan fingerprint density at radius 3 is 2.72 bits per heavy atom. The van der Waals surface area contributed by atoms with Crippen LogP contribution >= 0.6 is 15.9 Å². The highest BCUT2D eigenvalue weighted by Crippen LogP contribution is 2.27. The maximum atomic E-state index is 10.8. The van der Waals surface area contributed by atoms with Crippen molar-refractivity contribution in [2.24, 2.45) is 0 Å². The highest BCUT2D eigenvalue weighted by Gasteiger charge is 2.15. The van der Waals surface area contributed by atoms with E-state index in [0.29, 0.717) is 17.2 Å². The molecule has 5 heteroatoms. The number of nitro groups is 1. The normalized spacial score (nSPS) is 16.7. The summed E-state index contributed by atoms with van der Waals surface area (Å²) in [5.41, 5.74) is 0.954. The summed E-state index contributed by atoms with van der Waals surface area (Å²) in [5, 5.41) is 10.8. The topological polar surface area (TPSA) is 52.4 Å². The fourth-order valence-electron chi connectivity index (χ4n) is 2.23. The zero-order valence-corrected chi connectivity index (χ0v) is 11.7. The van der Waals surface area contributed by atoms with Crippen molar-refractivity contribution in [1.82, 2.24) is 0 Å². The van der Waals surface area contributed by atoms with Gasteiger partial charge in [0.05, 0.1) is 22.1 Å². The van der Waals surface area contributed by atoms with Crippen LogP contribution in [0.15, 0.2) is 22.7 Å². The predicted octanol–water partition coefficient (Wildman–Crippen LogP) is 4.21. The highest BCUT2D eigenvalue weighted by molar-refractivity contribution is 9.10. The van der Waals surface area contributed by atoms with E-state index in [-0.39, 0.29) is 10.6 Å². The zero-order chi connectivity index (χ0) is 13.0. The van der Waals surface area contributed by atoms with Gasteiger partial charge in [0.15, 0.2) is 0 Å². The minimum Gasteiger partial charge on any atom is -0.374 e. The quantitative estimate of drug-likeness (QED) is 0.618. The van der Waals surface area contributed by atoms with Gasteiger partial charge in [0.25, 0.3) is 5.69 Å². The third kappa shape index (κ3) is 3.53. The number of ether oxygens (including phenoxy) is 1. The summed E-state index contributed by atoms with van der Waals surface area (Å²) in [6.45, 7) is 0.457. The molecule has 98 valence electrons. The molecule has 0 bridgehead atoms. The molecular formula is C13H16BrNO3. The van der Waals surface area contributed by atoms with Gasteiger partial charge in [-0.05, 0) is 40.4 Å². The van der Waals surface area contributed by atoms with Gasteiger partial charge in [0.2, 0.25) is 0 Å². The second kappa shape index (κ2) is 6.29. The molecule has 0 atom stereocenters. The average molecular weight is 314 g/mol. The smallest absolute Gasteiger partial charge is 0.283 e. The van der Waals surface area contributed by atoms with Crippen LogP contribution in [0.3, 0.4) is 0 Å². The fraction of sp³-hybridized carbons (Fsp3) is 0.538. The van der Waals surface area contributed by atoms with Gasteiger partial charge < -0.3 is 4.74 Å². The number of nitro benzene ring substituents is 1. The molecule has 1 fully saturated rings. The summed E-state index contributed by atoms with van der Waals surface area (Å²) in [5.74, 6) is 0. The van der Waals surface area contributed by atoms with Gasteiger partial charge in [-0.1, -0.05) is 25.3 Å². The van der Waals surface area contributed by atoms with E-state index in [1.165, 1.54) is 19.3 Å². The van der Waals surface area contributed by atoms with Crippen molar-refractivity contribution < 1.29 is 9.66 Å². The molecule has 0 radical (unpaired) electrons. The Hall–Kier alpha value is -0.940. The third-order valence-electron chi connectivity index (χ3n) is 3.25. The van der Waals surface area contributed by atoms with Crippen molar-refractivity contribution >= 4 is 21.6 Å². The lowest BCUT2D eigenvalue weighted by atomic mass is 9.98. The number of hydrogen-bond donors (Lipinski definition) is 0. The Morgan fingerprint density at radius 2 is 2.06 bits per heavy atom. The van der Waals surface area contributed by atoms with Crippen molar-refractivity contribution in [3.05, 3.63) is 38.3 Å². The molecule has 0 N–H and O–H groups in total. The molecule has 4 nitrogen and oxygen atoms in total. The van der Waals surface area contributed by atoms with Crippen LogP contribution in [-0.2, 0) is 11.3 Å². The van der Waals surface area contributed by atoms with E-state index in [2.05, 4.69) is 15.9 Å². The van der Waals surface area contributed by atoms with Gasteiger partial charge in [-0.15, -0.1) is 0 Å². The number of benzene rings is 1. The molecule has 0 unspecified atom stereocenters. The van der Waals surface area contributed by atoms with Crippen LogP contribution in [0.5, 0.6) is 0 Å². The monoisotopic (exact) mass is 313 g/mol. The number of halogens is 1. The average Bonchev–Trinajstić information content (AvgIpc) is 2.38. The Balaban J connectivity index is 1.96. The van der Waals surface area contributed by atoms with Crippen LogP contribution in [0, 0.1) is 10.1 Å². The molecule has 1 aromatic rings. The minimum atomic E-state index is -0.381. The Labute approximate surface area is 115 Å². The summed E-state index contributed by atoms with van der Waals surface area (Å²) < 4.78 is 6.31. The fourth-order valence-corrected chi connectivity index (χ4v) is 2.63. The number of rotatable bonds is 4. The largest absolute Gasteiger partial charge is 0.374 e. The van der Waals surface area contributed by atoms with Crippen LogP contribution in [0.25, 0.3) is 0 Å². The number of nitrogens with zero attached hydrogens (tertiary/aromatic N) is 1. The summed E-state index contributed by atoms with van der Waals surface area (Å²) in [4.78, 5) is 10.4. The van der Waals surface area contributed by atoms with Crippen LogP contribution in [-0.4, -0.2) is 11.0 Å². The van der Waals surface area contributed by atoms with Crippen molar-refractivity contribution in [2.75, 3.05) is 0 Å². The summed E-state index contributed by atoms with van der Waals surface area (Å²) >= 11 is 3.18. The molecule has 1 aliphatic carbocycles. The van der Waals surface area contributed by atoms with E-state index >= 15 is 0 Å². The maximum absolute atomic E-state index is 10.8. The standard InChI is InChI=1S/C13H16BrNO3/c14-12-7-6-10(8-13(12)15(16)17)9-18-11-4-2-1-3-5-11/h6-8,11H,1-5,9H2. The summed E-state index contributed by atoms with van der Waals surface area (Å²) in [6.07, 6.45) is 6.29. The minimum absolute atomic E-state index is 0.0970. The van der Waals surface area contributed by atoms with Crippen LogP contribution in [0.1, 0.15) is 37.7 Å². The Morgan fingerprint density at radius 1 is 1.33 bits per heavy atom. The molecule has 1 saturated carbocycles. The Kier molecular flexibility index (Phi) is 4.72. The van der Waals surface area contributed by atoms with Gasteiger partial charge in [0.1, 0.15) is 0 Å². The molecule has 1 aromatic carbocycles. The highest BCUT2D eigenvalue weighted by atomic mass is 79.9. The van der Waals surface area contributed by atoms with Gasteiger partial charge in [-0.25, -0.2) is 0 Å². The molecular weight excluding hydrogens is 298 g/mol. The molecule has 18 heavy (non-hydrogen) atoms. The lowest BCUT2D eigenvalue weighted by Gasteiger charge is -2.21. The van der Waals surface area contributed by atoms with Crippen molar-refractivity contribution in [3.8, 4) is 0 Å². The SMILES string of the molecule is O=[N+]([O-])c1cc(COC2CCCCC2)ccc1Br. The molecule has 0 aromatic heterocycles. The van der Waals surface area contributed by atoms with Crippen LogP contribution in [0.2, 0.25) is 0 Å². The van der Waals surface area contributed by atoms with Gasteiger partial charge in [-0.3, -0.25) is 10.1 Å². The molecule has 0 heterocycles. The van der Waals surface area contributed by atoms with Gasteiger partial charge in [0, 0.05) is 6.07 Å². The molecule has 1 aliphatic rings. The predicted molar refractivity (Wildman–Crippen MR) is 72.5 cm³/mol. The Bertz CT molecular complexity index is 430. The first-order chi connectivity index (χ1) is 8.66. The first-order valence-corrected chi connectivity index (χ1v) is 7.00. The molecule has 0 spiro atoms. The lowest BCUT2D eigenvalue weighted by Crippen LogP contribution is -2.16. The van der Waals surface area contributed by atoms with E-state index in [0.717, 1.165) is 18.4 Å². The summed E-state index contributed by atoms with van der Waals surface area (Å²) in [6, 6.07) is 5.14. The molecule has 2 rings (SSSR count). The van der Waals surface area contributed by atoms with Gasteiger partial charge >= 0.3 is 0 Å². The second-order valence-electron chi connectivity index (χ2n) is 4.61. The van der Waals surface area contributed by atoms with E-state index in [9.17, 15) is 10.1 Å². The lowest BCUT2D eigenvalue weighted by molar-refractivity contribution is -0.385. The second-order valence-corrected chi connectivity index (χ2v) is 5.47. The number of hydrogen-bond acceptors (Lipinski definition) is 3. The van der Waals surface area contributed by atoms with Crippen LogP contribution in [0.4, 0.5) is 5.69 Å². The van der Waals surface area contributed by atoms with Crippen LogP contribution < -0.4 is 0 Å². The van der Waals surface area contributed by atoms with E-state index in [4.69, 9.17) is 4.74 Å². The molecule has 0 amide bonds. The molecule has 0 saturated heterocycles. The maximum Gasteiger partial charge on any atom is 0.283 e. The zero-order valence-electron chi connectivity index (χ0n) is 10.1. The van der Waals surface area contributed by atoms with Crippen molar-refractivity contribution in [3.63, 3.8) is 0 Å². The summed E-state index contributed by atoms with van der Waals surface area (Å²) in [7, 11) is 0. The molecule has 0 aliphatic heterocycles. The van der Waals surface area contributed by atoms with Crippen molar-refractivity contribution in [2.45, 2.75) is 44.8 Å². The third-order valence-corrected chi connectivity index (χ3v) is 3.92. The van der Waals surface area contributed by atoms with E-state index in [1.807, 2.05) is 6.07 Å². The first-order valence-electron chi connectivity index (χ1n) is 6.21. The van der Waals surface area contributed by atoms with Crippen molar-refractivity contribution in [1.29, 1.82) is 0 Å².